The third kappa shape index (κ3) is 4.59. The van der Waals surface area contributed by atoms with E-state index >= 15 is 0 Å². The summed E-state index contributed by atoms with van der Waals surface area (Å²) in [5.74, 6) is -0.971. The molecule has 5 heteroatoms. The van der Waals surface area contributed by atoms with E-state index in [2.05, 4.69) is 5.32 Å². The van der Waals surface area contributed by atoms with Crippen LogP contribution in [-0.4, -0.2) is 22.2 Å². The molecule has 1 aromatic rings. The topological polar surface area (TPSA) is 66.4 Å². The van der Waals surface area contributed by atoms with Crippen LogP contribution in [0.15, 0.2) is 29.2 Å². The molecule has 0 saturated carbocycles. The van der Waals surface area contributed by atoms with Crippen LogP contribution in [0.1, 0.15) is 27.2 Å². The van der Waals surface area contributed by atoms with Crippen LogP contribution in [-0.2, 0) is 9.59 Å². The summed E-state index contributed by atoms with van der Waals surface area (Å²) in [6, 6.07) is 7.26. The van der Waals surface area contributed by atoms with Crippen molar-refractivity contribution in [3.8, 4) is 0 Å². The molecule has 0 aliphatic carbocycles. The first-order valence-electron chi connectivity index (χ1n) is 6.25. The van der Waals surface area contributed by atoms with Crippen LogP contribution >= 0.6 is 11.8 Å². The molecule has 2 atom stereocenters. The summed E-state index contributed by atoms with van der Waals surface area (Å²) in [5.41, 5.74) is 0.672. The molecular weight excluding hydrogens is 262 g/mol. The van der Waals surface area contributed by atoms with Crippen LogP contribution in [0.5, 0.6) is 0 Å². The number of amides is 1. The van der Waals surface area contributed by atoms with Gasteiger partial charge in [-0.25, -0.2) is 0 Å². The van der Waals surface area contributed by atoms with Crippen LogP contribution in [0.4, 0.5) is 5.69 Å². The van der Waals surface area contributed by atoms with Crippen molar-refractivity contribution in [3.63, 3.8) is 0 Å². The number of para-hydroxylation sites is 1. The number of carbonyl (C=O) groups is 2. The largest absolute Gasteiger partial charge is 0.480 e. The van der Waals surface area contributed by atoms with Gasteiger partial charge in [0.15, 0.2) is 0 Å². The van der Waals surface area contributed by atoms with Crippen LogP contribution < -0.4 is 5.32 Å². The van der Waals surface area contributed by atoms with Crippen molar-refractivity contribution in [2.24, 2.45) is 5.92 Å². The summed E-state index contributed by atoms with van der Waals surface area (Å²) < 4.78 is 0. The molecule has 0 aliphatic rings. The number of benzene rings is 1. The van der Waals surface area contributed by atoms with Crippen molar-refractivity contribution in [2.45, 2.75) is 37.3 Å². The second kappa shape index (κ2) is 7.19. The predicted molar refractivity (Wildman–Crippen MR) is 77.5 cm³/mol. The first-order chi connectivity index (χ1) is 8.95. The van der Waals surface area contributed by atoms with E-state index in [9.17, 15) is 9.59 Å². The zero-order chi connectivity index (χ0) is 14.4. The number of nitrogens with one attached hydrogen (secondary N) is 1. The van der Waals surface area contributed by atoms with Gasteiger partial charge >= 0.3 is 5.97 Å². The Morgan fingerprint density at radius 2 is 1.95 bits per heavy atom. The van der Waals surface area contributed by atoms with E-state index in [-0.39, 0.29) is 11.8 Å². The fourth-order valence-electron chi connectivity index (χ4n) is 1.35. The van der Waals surface area contributed by atoms with E-state index in [1.54, 1.807) is 13.0 Å². The lowest BCUT2D eigenvalue weighted by atomic mass is 10.1. The van der Waals surface area contributed by atoms with Crippen molar-refractivity contribution in [1.82, 2.24) is 0 Å². The molecule has 1 amide bonds. The van der Waals surface area contributed by atoms with Gasteiger partial charge in [-0.15, -0.1) is 11.8 Å². The van der Waals surface area contributed by atoms with Crippen LogP contribution in [0, 0.1) is 5.92 Å². The van der Waals surface area contributed by atoms with E-state index in [1.807, 2.05) is 32.0 Å². The summed E-state index contributed by atoms with van der Waals surface area (Å²) in [4.78, 5) is 23.5. The molecule has 0 fully saturated rings. The SMILES string of the molecule is CC[C@H](C)C(=O)Nc1ccccc1S[C@H](C)C(=O)O. The molecule has 0 bridgehead atoms. The van der Waals surface area contributed by atoms with E-state index < -0.39 is 11.2 Å². The van der Waals surface area contributed by atoms with Crippen LogP contribution in [0.3, 0.4) is 0 Å². The summed E-state index contributed by atoms with van der Waals surface area (Å²) in [7, 11) is 0. The Labute approximate surface area is 117 Å². The highest BCUT2D eigenvalue weighted by atomic mass is 32.2. The zero-order valence-electron chi connectivity index (χ0n) is 11.3. The van der Waals surface area contributed by atoms with Crippen molar-refractivity contribution in [1.29, 1.82) is 0 Å². The van der Waals surface area contributed by atoms with Gasteiger partial charge in [0.2, 0.25) is 5.91 Å². The number of carboxylic acid groups (broad SMARTS) is 1. The van der Waals surface area contributed by atoms with Gasteiger partial charge in [0, 0.05) is 10.8 Å². The maximum atomic E-state index is 11.9. The maximum absolute atomic E-state index is 11.9. The molecule has 1 rings (SSSR count). The summed E-state index contributed by atoms with van der Waals surface area (Å²) >= 11 is 1.23. The number of aliphatic carboxylic acids is 1. The molecule has 0 spiro atoms. The molecule has 2 N–H and O–H groups in total. The van der Waals surface area contributed by atoms with E-state index in [1.165, 1.54) is 11.8 Å². The third-order valence-corrected chi connectivity index (χ3v) is 4.02. The van der Waals surface area contributed by atoms with Gasteiger partial charge in [0.25, 0.3) is 0 Å². The Morgan fingerprint density at radius 1 is 1.32 bits per heavy atom. The number of thioether (sulfide) groups is 1. The lowest BCUT2D eigenvalue weighted by Gasteiger charge is -2.14. The first-order valence-corrected chi connectivity index (χ1v) is 7.13. The average molecular weight is 281 g/mol. The maximum Gasteiger partial charge on any atom is 0.316 e. The van der Waals surface area contributed by atoms with E-state index in [0.717, 1.165) is 11.3 Å². The fraction of sp³-hybridized carbons (Fsp3) is 0.429. The minimum Gasteiger partial charge on any atom is -0.480 e. The van der Waals surface area contributed by atoms with Gasteiger partial charge in [-0.2, -0.15) is 0 Å². The summed E-state index contributed by atoms with van der Waals surface area (Å²) in [5, 5.41) is 11.2. The Balaban J connectivity index is 2.84. The van der Waals surface area contributed by atoms with Crippen molar-refractivity contribution < 1.29 is 14.7 Å². The lowest BCUT2D eigenvalue weighted by Crippen LogP contribution is -2.20. The number of anilines is 1. The average Bonchev–Trinajstić information content (AvgIpc) is 2.39. The summed E-state index contributed by atoms with van der Waals surface area (Å²) in [6.07, 6.45) is 0.771. The zero-order valence-corrected chi connectivity index (χ0v) is 12.2. The Kier molecular flexibility index (Phi) is 5.89. The molecule has 0 aromatic heterocycles. The quantitative estimate of drug-likeness (QED) is 0.786. The van der Waals surface area contributed by atoms with E-state index in [0.29, 0.717) is 5.69 Å². The normalized spacial score (nSPS) is 13.6. The monoisotopic (exact) mass is 281 g/mol. The molecule has 0 radical (unpaired) electrons. The van der Waals surface area contributed by atoms with Gasteiger partial charge < -0.3 is 10.4 Å². The highest BCUT2D eigenvalue weighted by molar-refractivity contribution is 8.00. The van der Waals surface area contributed by atoms with Crippen molar-refractivity contribution >= 4 is 29.3 Å². The smallest absolute Gasteiger partial charge is 0.316 e. The Morgan fingerprint density at radius 3 is 2.53 bits per heavy atom. The standard InChI is InChI=1S/C14H19NO3S/c1-4-9(2)13(16)15-11-7-5-6-8-12(11)19-10(3)14(17)18/h5-10H,4H2,1-3H3,(H,15,16)(H,17,18)/t9-,10+/m0/s1. The van der Waals surface area contributed by atoms with Gasteiger partial charge in [-0.3, -0.25) is 9.59 Å². The molecule has 104 valence electrons. The predicted octanol–water partition coefficient (Wildman–Crippen LogP) is 3.24. The number of carboxylic acids is 1. The minimum absolute atomic E-state index is 0.0430. The van der Waals surface area contributed by atoms with Crippen LogP contribution in [0.25, 0.3) is 0 Å². The second-order valence-electron chi connectivity index (χ2n) is 4.39. The number of hydrogen-bond acceptors (Lipinski definition) is 3. The summed E-state index contributed by atoms with van der Waals surface area (Å²) in [6.45, 7) is 5.45. The van der Waals surface area contributed by atoms with Crippen molar-refractivity contribution in [2.75, 3.05) is 5.32 Å². The molecule has 0 unspecified atom stereocenters. The fourth-order valence-corrected chi connectivity index (χ4v) is 2.24. The molecule has 0 saturated heterocycles. The number of rotatable bonds is 6. The lowest BCUT2D eigenvalue weighted by molar-refractivity contribution is -0.136. The molecular formula is C14H19NO3S. The molecule has 1 aromatic carbocycles. The highest BCUT2D eigenvalue weighted by Crippen LogP contribution is 2.30. The Bertz CT molecular complexity index is 462. The van der Waals surface area contributed by atoms with Gasteiger partial charge in [-0.05, 0) is 25.5 Å². The van der Waals surface area contributed by atoms with Crippen LogP contribution in [0.2, 0.25) is 0 Å². The van der Waals surface area contributed by atoms with Gasteiger partial charge in [-0.1, -0.05) is 26.0 Å². The number of hydrogen-bond donors (Lipinski definition) is 2. The molecule has 19 heavy (non-hydrogen) atoms. The van der Waals surface area contributed by atoms with E-state index in [4.69, 9.17) is 5.11 Å². The molecule has 4 nitrogen and oxygen atoms in total. The van der Waals surface area contributed by atoms with Crippen molar-refractivity contribution in [3.05, 3.63) is 24.3 Å². The first kappa shape index (κ1) is 15.6. The molecule has 0 heterocycles. The molecule has 0 aliphatic heterocycles. The minimum atomic E-state index is -0.868. The van der Waals surface area contributed by atoms with Gasteiger partial charge in [0.05, 0.1) is 5.69 Å². The highest BCUT2D eigenvalue weighted by Gasteiger charge is 2.17. The Hall–Kier alpha value is -1.49. The number of carbonyl (C=O) groups excluding carboxylic acids is 1. The second-order valence-corrected chi connectivity index (χ2v) is 5.78. The third-order valence-electron chi connectivity index (χ3n) is 2.86. The van der Waals surface area contributed by atoms with Gasteiger partial charge in [0.1, 0.15) is 5.25 Å².